The van der Waals surface area contributed by atoms with Crippen molar-refractivity contribution in [3.63, 3.8) is 0 Å². The fourth-order valence-corrected chi connectivity index (χ4v) is 1.80. The van der Waals surface area contributed by atoms with Gasteiger partial charge in [0, 0.05) is 19.9 Å². The minimum Gasteiger partial charge on any atom is -0.372 e. The molecule has 0 spiro atoms. The number of carbonyl (C=O) groups is 1. The van der Waals surface area contributed by atoms with Crippen molar-refractivity contribution in [3.8, 4) is 11.4 Å². The fourth-order valence-electron chi connectivity index (χ4n) is 1.80. The SMILES string of the molecule is CCOCC(=O)NCc1cc(-c2ccccn2)n(C)n1. The molecular weight excluding hydrogens is 256 g/mol. The Hall–Kier alpha value is -2.21. The highest BCUT2D eigenvalue weighted by molar-refractivity contribution is 5.77. The van der Waals surface area contributed by atoms with Crippen molar-refractivity contribution in [2.75, 3.05) is 13.2 Å². The van der Waals surface area contributed by atoms with Crippen LogP contribution in [0.25, 0.3) is 11.4 Å². The van der Waals surface area contributed by atoms with Gasteiger partial charge >= 0.3 is 0 Å². The van der Waals surface area contributed by atoms with Crippen molar-refractivity contribution in [2.45, 2.75) is 13.5 Å². The lowest BCUT2D eigenvalue weighted by Gasteiger charge is -2.02. The first-order valence-electron chi connectivity index (χ1n) is 6.49. The van der Waals surface area contributed by atoms with Gasteiger partial charge in [0.1, 0.15) is 6.61 Å². The average molecular weight is 274 g/mol. The molecule has 2 heterocycles. The summed E-state index contributed by atoms with van der Waals surface area (Å²) >= 11 is 0. The molecule has 0 saturated carbocycles. The van der Waals surface area contributed by atoms with E-state index in [1.807, 2.05) is 38.2 Å². The molecule has 0 aliphatic heterocycles. The zero-order valence-electron chi connectivity index (χ0n) is 11.7. The van der Waals surface area contributed by atoms with Crippen molar-refractivity contribution < 1.29 is 9.53 Å². The molecule has 1 N–H and O–H groups in total. The molecule has 2 rings (SSSR count). The number of aromatic nitrogens is 3. The molecule has 2 aromatic heterocycles. The lowest BCUT2D eigenvalue weighted by Crippen LogP contribution is -2.27. The average Bonchev–Trinajstić information content (AvgIpc) is 2.85. The van der Waals surface area contributed by atoms with E-state index >= 15 is 0 Å². The number of aryl methyl sites for hydroxylation is 1. The van der Waals surface area contributed by atoms with Gasteiger partial charge in [0.25, 0.3) is 0 Å². The second-order valence-corrected chi connectivity index (χ2v) is 4.27. The van der Waals surface area contributed by atoms with E-state index in [-0.39, 0.29) is 12.5 Å². The molecule has 20 heavy (non-hydrogen) atoms. The summed E-state index contributed by atoms with van der Waals surface area (Å²) in [4.78, 5) is 15.7. The lowest BCUT2D eigenvalue weighted by atomic mass is 10.2. The summed E-state index contributed by atoms with van der Waals surface area (Å²) < 4.78 is 6.79. The fraction of sp³-hybridized carbons (Fsp3) is 0.357. The van der Waals surface area contributed by atoms with E-state index < -0.39 is 0 Å². The first-order chi connectivity index (χ1) is 9.70. The Bertz CT molecular complexity index is 566. The molecule has 106 valence electrons. The van der Waals surface area contributed by atoms with Gasteiger partial charge in [0.05, 0.1) is 23.6 Å². The molecule has 0 aliphatic rings. The second-order valence-electron chi connectivity index (χ2n) is 4.27. The molecule has 2 aromatic rings. The van der Waals surface area contributed by atoms with Crippen LogP contribution < -0.4 is 5.32 Å². The van der Waals surface area contributed by atoms with Crippen LogP contribution in [0, 0.1) is 0 Å². The van der Waals surface area contributed by atoms with E-state index in [1.54, 1.807) is 10.9 Å². The highest BCUT2D eigenvalue weighted by Crippen LogP contribution is 2.16. The van der Waals surface area contributed by atoms with Crippen molar-refractivity contribution in [2.24, 2.45) is 7.05 Å². The molecule has 6 heteroatoms. The Morgan fingerprint density at radius 1 is 1.45 bits per heavy atom. The molecule has 1 amide bonds. The Labute approximate surface area is 117 Å². The molecule has 0 radical (unpaired) electrons. The first kappa shape index (κ1) is 14.2. The Kier molecular flexibility index (Phi) is 4.84. The summed E-state index contributed by atoms with van der Waals surface area (Å²) in [6, 6.07) is 7.64. The van der Waals surface area contributed by atoms with Crippen LogP contribution in [0.5, 0.6) is 0 Å². The van der Waals surface area contributed by atoms with E-state index in [1.165, 1.54) is 0 Å². The van der Waals surface area contributed by atoms with Gasteiger partial charge in [-0.2, -0.15) is 5.10 Å². The predicted molar refractivity (Wildman–Crippen MR) is 74.8 cm³/mol. The summed E-state index contributed by atoms with van der Waals surface area (Å²) in [5, 5.41) is 7.13. The molecule has 0 fully saturated rings. The number of hydrogen-bond donors (Lipinski definition) is 1. The van der Waals surface area contributed by atoms with E-state index in [9.17, 15) is 4.79 Å². The molecular formula is C14H18N4O2. The topological polar surface area (TPSA) is 69.0 Å². The van der Waals surface area contributed by atoms with Gasteiger partial charge < -0.3 is 10.1 Å². The normalized spacial score (nSPS) is 10.5. The minimum atomic E-state index is -0.142. The third kappa shape index (κ3) is 3.64. The standard InChI is InChI=1S/C14H18N4O2/c1-3-20-10-14(19)16-9-11-8-13(18(2)17-11)12-6-4-5-7-15-12/h4-8H,3,9-10H2,1-2H3,(H,16,19). The zero-order chi connectivity index (χ0) is 14.4. The second kappa shape index (κ2) is 6.81. The summed E-state index contributed by atoms with van der Waals surface area (Å²) in [5.41, 5.74) is 2.56. The molecule has 0 atom stereocenters. The molecule has 0 bridgehead atoms. The summed E-state index contributed by atoms with van der Waals surface area (Å²) in [6.45, 7) is 2.84. The van der Waals surface area contributed by atoms with Crippen LogP contribution >= 0.6 is 0 Å². The number of nitrogens with zero attached hydrogens (tertiary/aromatic N) is 3. The maximum Gasteiger partial charge on any atom is 0.246 e. The van der Waals surface area contributed by atoms with Crippen LogP contribution in [0.2, 0.25) is 0 Å². The number of ether oxygens (including phenoxy) is 1. The molecule has 0 saturated heterocycles. The van der Waals surface area contributed by atoms with Crippen LogP contribution in [0.3, 0.4) is 0 Å². The highest BCUT2D eigenvalue weighted by Gasteiger charge is 2.09. The van der Waals surface area contributed by atoms with Crippen LogP contribution in [0.4, 0.5) is 0 Å². The molecule has 6 nitrogen and oxygen atoms in total. The van der Waals surface area contributed by atoms with Gasteiger partial charge in [-0.25, -0.2) is 0 Å². The van der Waals surface area contributed by atoms with Crippen LogP contribution in [0.1, 0.15) is 12.6 Å². The minimum absolute atomic E-state index is 0.0798. The van der Waals surface area contributed by atoms with Gasteiger partial charge in [-0.3, -0.25) is 14.5 Å². The molecule has 0 aliphatic carbocycles. The maximum absolute atomic E-state index is 11.5. The smallest absolute Gasteiger partial charge is 0.246 e. The Balaban J connectivity index is 1.99. The molecule has 0 aromatic carbocycles. The van der Waals surface area contributed by atoms with E-state index in [2.05, 4.69) is 15.4 Å². The van der Waals surface area contributed by atoms with Crippen molar-refractivity contribution >= 4 is 5.91 Å². The summed E-state index contributed by atoms with van der Waals surface area (Å²) in [5.74, 6) is -0.142. The number of nitrogens with one attached hydrogen (secondary N) is 1. The summed E-state index contributed by atoms with van der Waals surface area (Å²) in [7, 11) is 1.86. The third-order valence-electron chi connectivity index (χ3n) is 2.76. The highest BCUT2D eigenvalue weighted by atomic mass is 16.5. The van der Waals surface area contributed by atoms with Crippen LogP contribution in [0.15, 0.2) is 30.5 Å². The zero-order valence-corrected chi connectivity index (χ0v) is 11.7. The number of carbonyl (C=O) groups excluding carboxylic acids is 1. The van der Waals surface area contributed by atoms with E-state index in [4.69, 9.17) is 4.74 Å². The van der Waals surface area contributed by atoms with Gasteiger partial charge in [-0.1, -0.05) is 6.07 Å². The largest absolute Gasteiger partial charge is 0.372 e. The predicted octanol–water partition coefficient (Wildman–Crippen LogP) is 1.13. The van der Waals surface area contributed by atoms with Gasteiger partial charge in [-0.15, -0.1) is 0 Å². The van der Waals surface area contributed by atoms with E-state index in [0.29, 0.717) is 13.2 Å². The van der Waals surface area contributed by atoms with Crippen molar-refractivity contribution in [3.05, 3.63) is 36.2 Å². The van der Waals surface area contributed by atoms with Crippen molar-refractivity contribution in [1.29, 1.82) is 0 Å². The number of amides is 1. The third-order valence-corrected chi connectivity index (χ3v) is 2.76. The number of rotatable bonds is 6. The van der Waals surface area contributed by atoms with Crippen LogP contribution in [-0.2, 0) is 23.1 Å². The first-order valence-corrected chi connectivity index (χ1v) is 6.49. The van der Waals surface area contributed by atoms with Crippen molar-refractivity contribution in [1.82, 2.24) is 20.1 Å². The molecule has 0 unspecified atom stereocenters. The quantitative estimate of drug-likeness (QED) is 0.857. The Morgan fingerprint density at radius 2 is 2.30 bits per heavy atom. The monoisotopic (exact) mass is 274 g/mol. The lowest BCUT2D eigenvalue weighted by molar-refractivity contribution is -0.125. The van der Waals surface area contributed by atoms with Crippen LogP contribution in [-0.4, -0.2) is 33.9 Å². The van der Waals surface area contributed by atoms with Gasteiger partial charge in [-0.05, 0) is 25.1 Å². The number of pyridine rings is 1. The summed E-state index contributed by atoms with van der Waals surface area (Å²) in [6.07, 6.45) is 1.74. The Morgan fingerprint density at radius 3 is 3.00 bits per heavy atom. The van der Waals surface area contributed by atoms with Gasteiger partial charge in [0.15, 0.2) is 0 Å². The maximum atomic E-state index is 11.5. The van der Waals surface area contributed by atoms with Gasteiger partial charge in [0.2, 0.25) is 5.91 Å². The number of hydrogen-bond acceptors (Lipinski definition) is 4. The van der Waals surface area contributed by atoms with E-state index in [0.717, 1.165) is 17.1 Å².